The summed E-state index contributed by atoms with van der Waals surface area (Å²) in [6.45, 7) is 4.90. The molecule has 1 aliphatic heterocycles. The molecule has 2 rings (SSSR count). The van der Waals surface area contributed by atoms with Crippen molar-refractivity contribution < 1.29 is 14.6 Å². The normalized spacial score (nSPS) is 29.2. The Morgan fingerprint density at radius 1 is 1.44 bits per heavy atom. The summed E-state index contributed by atoms with van der Waals surface area (Å²) in [5, 5.41) is 15.5. The number of hydrogen-bond donors (Lipinski definition) is 3. The molecule has 18 heavy (non-hydrogen) atoms. The molecule has 0 radical (unpaired) electrons. The SMILES string of the molecule is CCCNC1COCC1C(=O)NCC1(CO)CC1. The minimum absolute atomic E-state index is 0.0263. The minimum atomic E-state index is -0.0916. The third-order valence-electron chi connectivity index (χ3n) is 4.00. The number of ether oxygens (including phenoxy) is 1. The Labute approximate surface area is 108 Å². The van der Waals surface area contributed by atoms with Crippen molar-refractivity contribution in [1.29, 1.82) is 0 Å². The van der Waals surface area contributed by atoms with Gasteiger partial charge in [0.05, 0.1) is 25.7 Å². The molecule has 5 nitrogen and oxygen atoms in total. The summed E-state index contributed by atoms with van der Waals surface area (Å²) in [5.74, 6) is -0.0353. The molecule has 1 saturated carbocycles. The van der Waals surface area contributed by atoms with Crippen molar-refractivity contribution in [1.82, 2.24) is 10.6 Å². The highest BCUT2D eigenvalue weighted by atomic mass is 16.5. The molecule has 1 saturated heterocycles. The Kier molecular flexibility index (Phi) is 4.59. The van der Waals surface area contributed by atoms with Crippen molar-refractivity contribution in [2.24, 2.45) is 11.3 Å². The lowest BCUT2D eigenvalue weighted by atomic mass is 10.0. The lowest BCUT2D eigenvalue weighted by Crippen LogP contribution is -2.45. The quantitative estimate of drug-likeness (QED) is 0.594. The molecule has 1 amide bonds. The van der Waals surface area contributed by atoms with Crippen LogP contribution in [-0.2, 0) is 9.53 Å². The van der Waals surface area contributed by atoms with E-state index >= 15 is 0 Å². The zero-order valence-corrected chi connectivity index (χ0v) is 11.1. The van der Waals surface area contributed by atoms with Gasteiger partial charge in [-0.15, -0.1) is 0 Å². The van der Waals surface area contributed by atoms with Crippen molar-refractivity contribution in [3.8, 4) is 0 Å². The van der Waals surface area contributed by atoms with E-state index in [-0.39, 0.29) is 29.9 Å². The average Bonchev–Trinajstić information content (AvgIpc) is 3.03. The van der Waals surface area contributed by atoms with Crippen LogP contribution in [0.15, 0.2) is 0 Å². The topological polar surface area (TPSA) is 70.6 Å². The van der Waals surface area contributed by atoms with Crippen LogP contribution in [0.4, 0.5) is 0 Å². The second-order valence-corrected chi connectivity index (χ2v) is 5.58. The molecule has 2 fully saturated rings. The number of aliphatic hydroxyl groups excluding tert-OH is 1. The Morgan fingerprint density at radius 3 is 2.83 bits per heavy atom. The smallest absolute Gasteiger partial charge is 0.227 e. The van der Waals surface area contributed by atoms with Gasteiger partial charge in [-0.05, 0) is 25.8 Å². The van der Waals surface area contributed by atoms with Gasteiger partial charge in [-0.1, -0.05) is 6.92 Å². The summed E-state index contributed by atoms with van der Waals surface area (Å²) in [7, 11) is 0. The van der Waals surface area contributed by atoms with E-state index in [0.29, 0.717) is 19.8 Å². The second kappa shape index (κ2) is 5.99. The minimum Gasteiger partial charge on any atom is -0.396 e. The van der Waals surface area contributed by atoms with Crippen LogP contribution in [0.5, 0.6) is 0 Å². The van der Waals surface area contributed by atoms with Gasteiger partial charge in [0, 0.05) is 18.0 Å². The van der Waals surface area contributed by atoms with Gasteiger partial charge in [-0.2, -0.15) is 0 Å². The number of aliphatic hydroxyl groups is 1. The molecule has 5 heteroatoms. The number of hydrogen-bond acceptors (Lipinski definition) is 4. The maximum absolute atomic E-state index is 12.1. The Bertz CT molecular complexity index is 292. The summed E-state index contributed by atoms with van der Waals surface area (Å²) in [6.07, 6.45) is 3.09. The van der Waals surface area contributed by atoms with Crippen LogP contribution in [-0.4, -0.2) is 50.0 Å². The largest absolute Gasteiger partial charge is 0.396 e. The average molecular weight is 256 g/mol. The zero-order chi connectivity index (χ0) is 13.0. The van der Waals surface area contributed by atoms with E-state index in [4.69, 9.17) is 4.74 Å². The number of carbonyl (C=O) groups is 1. The standard InChI is InChI=1S/C13H24N2O3/c1-2-5-14-11-7-18-6-10(11)12(17)15-8-13(9-16)3-4-13/h10-11,14,16H,2-9H2,1H3,(H,15,17). The van der Waals surface area contributed by atoms with Crippen molar-refractivity contribution in [3.05, 3.63) is 0 Å². The zero-order valence-electron chi connectivity index (χ0n) is 11.1. The number of amides is 1. The van der Waals surface area contributed by atoms with Gasteiger partial charge < -0.3 is 20.5 Å². The fourth-order valence-corrected chi connectivity index (χ4v) is 2.32. The van der Waals surface area contributed by atoms with Crippen LogP contribution in [0, 0.1) is 11.3 Å². The third-order valence-corrected chi connectivity index (χ3v) is 4.00. The van der Waals surface area contributed by atoms with Crippen LogP contribution < -0.4 is 10.6 Å². The van der Waals surface area contributed by atoms with Gasteiger partial charge in [-0.3, -0.25) is 4.79 Å². The fourth-order valence-electron chi connectivity index (χ4n) is 2.32. The predicted octanol–water partition coefficient (Wildman–Crippen LogP) is -0.110. The first-order valence-electron chi connectivity index (χ1n) is 6.90. The van der Waals surface area contributed by atoms with E-state index in [1.807, 2.05) is 0 Å². The van der Waals surface area contributed by atoms with E-state index in [1.165, 1.54) is 0 Å². The van der Waals surface area contributed by atoms with Gasteiger partial charge in [0.15, 0.2) is 0 Å². The molecule has 2 aliphatic rings. The first kappa shape index (κ1) is 13.8. The summed E-state index contributed by atoms with van der Waals surface area (Å²) < 4.78 is 5.39. The molecule has 0 aromatic heterocycles. The van der Waals surface area contributed by atoms with Crippen LogP contribution in [0.1, 0.15) is 26.2 Å². The number of rotatable bonds is 7. The fraction of sp³-hybridized carbons (Fsp3) is 0.923. The predicted molar refractivity (Wildman–Crippen MR) is 68.2 cm³/mol. The van der Waals surface area contributed by atoms with E-state index in [0.717, 1.165) is 25.8 Å². The van der Waals surface area contributed by atoms with Crippen molar-refractivity contribution in [3.63, 3.8) is 0 Å². The van der Waals surface area contributed by atoms with Crippen LogP contribution >= 0.6 is 0 Å². The first-order chi connectivity index (χ1) is 8.71. The van der Waals surface area contributed by atoms with Gasteiger partial charge in [-0.25, -0.2) is 0 Å². The highest BCUT2D eigenvalue weighted by Crippen LogP contribution is 2.44. The van der Waals surface area contributed by atoms with E-state index in [1.54, 1.807) is 0 Å². The van der Waals surface area contributed by atoms with Gasteiger partial charge in [0.1, 0.15) is 0 Å². The Balaban J connectivity index is 1.76. The summed E-state index contributed by atoms with van der Waals surface area (Å²) >= 11 is 0. The monoisotopic (exact) mass is 256 g/mol. The van der Waals surface area contributed by atoms with Crippen molar-refractivity contribution >= 4 is 5.91 Å². The van der Waals surface area contributed by atoms with Crippen LogP contribution in [0.3, 0.4) is 0 Å². The highest BCUT2D eigenvalue weighted by molar-refractivity contribution is 5.80. The lowest BCUT2D eigenvalue weighted by molar-refractivity contribution is -0.125. The molecular weight excluding hydrogens is 232 g/mol. The summed E-state index contributed by atoms with van der Waals surface area (Å²) in [5.41, 5.74) is -0.0263. The summed E-state index contributed by atoms with van der Waals surface area (Å²) in [4.78, 5) is 12.1. The lowest BCUT2D eigenvalue weighted by Gasteiger charge is -2.20. The third kappa shape index (κ3) is 3.22. The van der Waals surface area contributed by atoms with E-state index < -0.39 is 0 Å². The molecule has 0 aromatic carbocycles. The number of nitrogens with one attached hydrogen (secondary N) is 2. The Morgan fingerprint density at radius 2 is 2.22 bits per heavy atom. The molecule has 0 bridgehead atoms. The maximum Gasteiger partial charge on any atom is 0.227 e. The van der Waals surface area contributed by atoms with E-state index in [9.17, 15) is 9.90 Å². The van der Waals surface area contributed by atoms with Gasteiger partial charge in [0.25, 0.3) is 0 Å². The Hall–Kier alpha value is -0.650. The molecule has 1 heterocycles. The second-order valence-electron chi connectivity index (χ2n) is 5.58. The maximum atomic E-state index is 12.1. The molecule has 1 aliphatic carbocycles. The molecular formula is C13H24N2O3. The first-order valence-corrected chi connectivity index (χ1v) is 6.90. The van der Waals surface area contributed by atoms with Gasteiger partial charge >= 0.3 is 0 Å². The summed E-state index contributed by atoms with van der Waals surface area (Å²) in [6, 6.07) is 0.134. The van der Waals surface area contributed by atoms with E-state index in [2.05, 4.69) is 17.6 Å². The molecule has 104 valence electrons. The van der Waals surface area contributed by atoms with Crippen molar-refractivity contribution in [2.75, 3.05) is 32.9 Å². The molecule has 0 spiro atoms. The molecule has 0 aromatic rings. The van der Waals surface area contributed by atoms with Crippen LogP contribution in [0.2, 0.25) is 0 Å². The molecule has 2 unspecified atom stereocenters. The number of carbonyl (C=O) groups excluding carboxylic acids is 1. The molecule has 2 atom stereocenters. The highest BCUT2D eigenvalue weighted by Gasteiger charge is 2.43. The van der Waals surface area contributed by atoms with Crippen molar-refractivity contribution in [2.45, 2.75) is 32.2 Å². The van der Waals surface area contributed by atoms with Crippen LogP contribution in [0.25, 0.3) is 0 Å². The molecule has 3 N–H and O–H groups in total. The van der Waals surface area contributed by atoms with Gasteiger partial charge in [0.2, 0.25) is 5.91 Å².